The van der Waals surface area contributed by atoms with Crippen molar-refractivity contribution in [2.24, 2.45) is 0 Å². The number of carbonyl (C=O) groups is 1. The topological polar surface area (TPSA) is 50.4 Å². The number of para-hydroxylation sites is 1. The van der Waals surface area contributed by atoms with Crippen LogP contribution in [0.25, 0.3) is 0 Å². The van der Waals surface area contributed by atoms with Gasteiger partial charge >= 0.3 is 6.03 Å². The summed E-state index contributed by atoms with van der Waals surface area (Å²) in [5, 5.41) is 5.95. The minimum absolute atomic E-state index is 0.179. The number of benzene rings is 2. The molecule has 0 radical (unpaired) electrons. The Hall–Kier alpha value is -2.49. The summed E-state index contributed by atoms with van der Waals surface area (Å²) < 4.78 is 5.20. The molecule has 2 aromatic rings. The van der Waals surface area contributed by atoms with Crippen molar-refractivity contribution >= 4 is 11.7 Å². The van der Waals surface area contributed by atoms with Crippen LogP contribution in [-0.4, -0.2) is 19.7 Å². The van der Waals surface area contributed by atoms with Crippen LogP contribution >= 0.6 is 0 Å². The van der Waals surface area contributed by atoms with Crippen LogP contribution in [0.3, 0.4) is 0 Å². The molecule has 0 atom stereocenters. The Morgan fingerprint density at radius 2 is 1.72 bits per heavy atom. The number of hydrogen-bond donors (Lipinski definition) is 2. The molecule has 134 valence electrons. The molecule has 0 spiro atoms. The molecule has 4 nitrogen and oxygen atoms in total. The van der Waals surface area contributed by atoms with E-state index in [9.17, 15) is 4.79 Å². The maximum absolute atomic E-state index is 12.3. The van der Waals surface area contributed by atoms with Crippen molar-refractivity contribution < 1.29 is 9.53 Å². The average Bonchev–Trinajstić information content (AvgIpc) is 2.60. The number of hydrogen-bond acceptors (Lipinski definition) is 2. The zero-order valence-corrected chi connectivity index (χ0v) is 15.7. The third kappa shape index (κ3) is 4.99. The van der Waals surface area contributed by atoms with Gasteiger partial charge in [0, 0.05) is 17.6 Å². The lowest BCUT2D eigenvalue weighted by atomic mass is 9.84. The number of amides is 2. The Morgan fingerprint density at radius 1 is 1.08 bits per heavy atom. The van der Waals surface area contributed by atoms with E-state index in [-0.39, 0.29) is 11.4 Å². The summed E-state index contributed by atoms with van der Waals surface area (Å²) >= 11 is 0. The molecular formula is C21H28N2O2. The van der Waals surface area contributed by atoms with Crippen LogP contribution in [0.5, 0.6) is 5.75 Å². The summed E-state index contributed by atoms with van der Waals surface area (Å²) in [5.74, 6) is 1.18. The van der Waals surface area contributed by atoms with Crippen molar-refractivity contribution in [3.63, 3.8) is 0 Å². The Morgan fingerprint density at radius 3 is 2.32 bits per heavy atom. The lowest BCUT2D eigenvalue weighted by molar-refractivity contribution is 0.249. The minimum Gasteiger partial charge on any atom is -0.497 e. The highest BCUT2D eigenvalue weighted by atomic mass is 16.5. The summed E-state index contributed by atoms with van der Waals surface area (Å²) in [6.45, 7) is 8.99. The van der Waals surface area contributed by atoms with Crippen molar-refractivity contribution in [1.82, 2.24) is 5.32 Å². The van der Waals surface area contributed by atoms with E-state index >= 15 is 0 Å². The van der Waals surface area contributed by atoms with Gasteiger partial charge in [0.05, 0.1) is 7.11 Å². The molecule has 2 amide bonds. The molecule has 0 saturated heterocycles. The van der Waals surface area contributed by atoms with Crippen LogP contribution in [0.1, 0.15) is 44.7 Å². The molecule has 0 aliphatic rings. The summed E-state index contributed by atoms with van der Waals surface area (Å²) in [5.41, 5.74) is 2.96. The number of methoxy groups -OCH3 is 1. The maximum Gasteiger partial charge on any atom is 0.319 e. The monoisotopic (exact) mass is 340 g/mol. The zero-order chi connectivity index (χ0) is 18.4. The molecule has 0 bridgehead atoms. The van der Waals surface area contributed by atoms with Crippen LogP contribution in [0.4, 0.5) is 10.5 Å². The molecular weight excluding hydrogens is 312 g/mol. The van der Waals surface area contributed by atoms with Crippen molar-refractivity contribution in [3.05, 3.63) is 59.7 Å². The highest BCUT2D eigenvalue weighted by Crippen LogP contribution is 2.25. The van der Waals surface area contributed by atoms with E-state index in [1.807, 2.05) is 48.5 Å². The van der Waals surface area contributed by atoms with Crippen molar-refractivity contribution in [1.29, 1.82) is 0 Å². The fraction of sp³-hybridized carbons (Fsp3) is 0.381. The SMILES string of the molecule is COc1ccc(C(C)(C)CNC(=O)Nc2ccccc2C(C)C)cc1. The van der Waals surface area contributed by atoms with Gasteiger partial charge in [-0.25, -0.2) is 4.79 Å². The van der Waals surface area contributed by atoms with Crippen molar-refractivity contribution in [2.75, 3.05) is 19.0 Å². The number of urea groups is 1. The Balaban J connectivity index is 1.99. The second kappa shape index (κ2) is 8.06. The molecule has 2 N–H and O–H groups in total. The fourth-order valence-corrected chi connectivity index (χ4v) is 2.73. The lowest BCUT2D eigenvalue weighted by Crippen LogP contribution is -2.39. The third-order valence-electron chi connectivity index (χ3n) is 4.39. The standard InChI is InChI=1S/C21H28N2O2/c1-15(2)18-8-6-7-9-19(18)23-20(24)22-14-21(3,4)16-10-12-17(25-5)13-11-16/h6-13,15H,14H2,1-5H3,(H2,22,23,24). The highest BCUT2D eigenvalue weighted by molar-refractivity contribution is 5.90. The Kier molecular flexibility index (Phi) is 6.07. The molecule has 4 heteroatoms. The highest BCUT2D eigenvalue weighted by Gasteiger charge is 2.21. The first-order valence-corrected chi connectivity index (χ1v) is 8.62. The van der Waals surface area contributed by atoms with Gasteiger partial charge in [0.25, 0.3) is 0 Å². The van der Waals surface area contributed by atoms with Crippen LogP contribution in [-0.2, 0) is 5.41 Å². The molecule has 2 rings (SSSR count). The van der Waals surface area contributed by atoms with Gasteiger partial charge in [-0.3, -0.25) is 0 Å². The second-order valence-electron chi connectivity index (χ2n) is 7.16. The predicted octanol–water partition coefficient (Wildman–Crippen LogP) is 4.92. The normalized spacial score (nSPS) is 11.3. The van der Waals surface area contributed by atoms with E-state index in [1.54, 1.807) is 7.11 Å². The molecule has 0 aliphatic heterocycles. The van der Waals surface area contributed by atoms with Crippen LogP contribution in [0, 0.1) is 0 Å². The molecule has 25 heavy (non-hydrogen) atoms. The van der Waals surface area contributed by atoms with Gasteiger partial charge < -0.3 is 15.4 Å². The van der Waals surface area contributed by atoms with E-state index in [0.29, 0.717) is 12.5 Å². The van der Waals surface area contributed by atoms with E-state index in [2.05, 4.69) is 38.3 Å². The summed E-state index contributed by atoms with van der Waals surface area (Å²) in [6.07, 6.45) is 0. The van der Waals surface area contributed by atoms with Gasteiger partial charge in [0.2, 0.25) is 0 Å². The van der Waals surface area contributed by atoms with Gasteiger partial charge in [-0.1, -0.05) is 58.0 Å². The first kappa shape index (κ1) is 18.8. The number of anilines is 1. The van der Waals surface area contributed by atoms with E-state index in [4.69, 9.17) is 4.74 Å². The van der Waals surface area contributed by atoms with Crippen LogP contribution in [0.15, 0.2) is 48.5 Å². The Labute approximate surface area is 150 Å². The van der Waals surface area contributed by atoms with Crippen molar-refractivity contribution in [2.45, 2.75) is 39.0 Å². The lowest BCUT2D eigenvalue weighted by Gasteiger charge is -2.26. The molecule has 0 saturated carbocycles. The molecule has 0 unspecified atom stereocenters. The first-order chi connectivity index (χ1) is 11.8. The van der Waals surface area contributed by atoms with E-state index in [1.165, 1.54) is 0 Å². The maximum atomic E-state index is 12.3. The van der Waals surface area contributed by atoms with Gasteiger partial charge in [-0.05, 0) is 35.2 Å². The molecule has 0 fully saturated rings. The first-order valence-electron chi connectivity index (χ1n) is 8.62. The predicted molar refractivity (Wildman–Crippen MR) is 104 cm³/mol. The third-order valence-corrected chi connectivity index (χ3v) is 4.39. The van der Waals surface area contributed by atoms with E-state index < -0.39 is 0 Å². The zero-order valence-electron chi connectivity index (χ0n) is 15.7. The van der Waals surface area contributed by atoms with Crippen molar-refractivity contribution in [3.8, 4) is 5.75 Å². The summed E-state index contributed by atoms with van der Waals surface area (Å²) in [4.78, 5) is 12.3. The van der Waals surface area contributed by atoms with Gasteiger partial charge in [0.1, 0.15) is 5.75 Å². The van der Waals surface area contributed by atoms with Crippen LogP contribution < -0.4 is 15.4 Å². The van der Waals surface area contributed by atoms with Gasteiger partial charge in [-0.15, -0.1) is 0 Å². The summed E-state index contributed by atoms with van der Waals surface area (Å²) in [6, 6.07) is 15.7. The fourth-order valence-electron chi connectivity index (χ4n) is 2.73. The number of rotatable bonds is 6. The Bertz CT molecular complexity index is 706. The number of carbonyl (C=O) groups excluding carboxylic acids is 1. The molecule has 2 aromatic carbocycles. The minimum atomic E-state index is -0.185. The van der Waals surface area contributed by atoms with Crippen LogP contribution in [0.2, 0.25) is 0 Å². The molecule has 0 aromatic heterocycles. The van der Waals surface area contributed by atoms with Gasteiger partial charge in [0.15, 0.2) is 0 Å². The van der Waals surface area contributed by atoms with Gasteiger partial charge in [-0.2, -0.15) is 0 Å². The molecule has 0 heterocycles. The smallest absolute Gasteiger partial charge is 0.319 e. The number of nitrogens with one attached hydrogen (secondary N) is 2. The average molecular weight is 340 g/mol. The molecule has 0 aliphatic carbocycles. The quantitative estimate of drug-likeness (QED) is 0.784. The second-order valence-corrected chi connectivity index (χ2v) is 7.16. The largest absolute Gasteiger partial charge is 0.497 e. The number of ether oxygens (including phenoxy) is 1. The summed E-state index contributed by atoms with van der Waals surface area (Å²) in [7, 11) is 1.65. The van der Waals surface area contributed by atoms with E-state index in [0.717, 1.165) is 22.6 Å².